The Morgan fingerprint density at radius 2 is 2.08 bits per heavy atom. The van der Waals surface area contributed by atoms with Crippen molar-refractivity contribution in [3.63, 3.8) is 0 Å². The van der Waals surface area contributed by atoms with Crippen molar-refractivity contribution < 1.29 is 9.53 Å². The molecule has 1 saturated carbocycles. The fourth-order valence-electron chi connectivity index (χ4n) is 3.12. The van der Waals surface area contributed by atoms with Crippen LogP contribution in [0.15, 0.2) is 0 Å². The summed E-state index contributed by atoms with van der Waals surface area (Å²) in [4.78, 5) is 10.7. The molecule has 0 radical (unpaired) electrons. The molecule has 1 heterocycles. The molecule has 1 saturated heterocycles. The van der Waals surface area contributed by atoms with Crippen LogP contribution in [0.25, 0.3) is 0 Å². The summed E-state index contributed by atoms with van der Waals surface area (Å²) >= 11 is 0. The summed E-state index contributed by atoms with van der Waals surface area (Å²) in [5.41, 5.74) is 0.512. The van der Waals surface area contributed by atoms with Crippen LogP contribution >= 0.6 is 0 Å². The van der Waals surface area contributed by atoms with E-state index in [4.69, 9.17) is 4.74 Å². The van der Waals surface area contributed by atoms with E-state index in [-0.39, 0.29) is 11.5 Å². The molecule has 0 aromatic carbocycles. The predicted octanol–water partition coefficient (Wildman–Crippen LogP) is 2.17. The van der Waals surface area contributed by atoms with Gasteiger partial charge in [0.2, 0.25) is 0 Å². The van der Waals surface area contributed by atoms with Gasteiger partial charge in [-0.25, -0.2) is 0 Å². The molecule has 1 atom stereocenters. The third-order valence-corrected chi connectivity index (χ3v) is 3.32. The SMILES string of the molecule is CC1(C)CC2(CC(C=O)CCO2)C1. The highest BCUT2D eigenvalue weighted by Gasteiger charge is 2.52. The number of carbonyl (C=O) groups is 1. The molecule has 0 N–H and O–H groups in total. The van der Waals surface area contributed by atoms with E-state index in [1.807, 2.05) is 0 Å². The monoisotopic (exact) mass is 182 g/mol. The van der Waals surface area contributed by atoms with Crippen molar-refractivity contribution in [3.05, 3.63) is 0 Å². The number of rotatable bonds is 1. The van der Waals surface area contributed by atoms with Crippen LogP contribution in [0.4, 0.5) is 0 Å². The van der Waals surface area contributed by atoms with Gasteiger partial charge in [-0.1, -0.05) is 13.8 Å². The second kappa shape index (κ2) is 2.81. The lowest BCUT2D eigenvalue weighted by Crippen LogP contribution is -2.54. The Hall–Kier alpha value is -0.370. The van der Waals surface area contributed by atoms with Crippen LogP contribution in [-0.4, -0.2) is 18.5 Å². The molecule has 1 spiro atoms. The molecular weight excluding hydrogens is 164 g/mol. The van der Waals surface area contributed by atoms with Crippen molar-refractivity contribution >= 4 is 6.29 Å². The Morgan fingerprint density at radius 1 is 1.38 bits per heavy atom. The first-order chi connectivity index (χ1) is 6.05. The molecule has 13 heavy (non-hydrogen) atoms. The van der Waals surface area contributed by atoms with Crippen molar-refractivity contribution in [2.24, 2.45) is 11.3 Å². The van der Waals surface area contributed by atoms with E-state index in [9.17, 15) is 4.79 Å². The van der Waals surface area contributed by atoms with E-state index in [1.54, 1.807) is 0 Å². The topological polar surface area (TPSA) is 26.3 Å². The van der Waals surface area contributed by atoms with Crippen LogP contribution in [0.5, 0.6) is 0 Å². The van der Waals surface area contributed by atoms with Gasteiger partial charge in [-0.05, 0) is 31.1 Å². The molecular formula is C11H18O2. The summed E-state index contributed by atoms with van der Waals surface area (Å²) in [6, 6.07) is 0. The minimum absolute atomic E-state index is 0.0767. The van der Waals surface area contributed by atoms with Crippen LogP contribution in [0.1, 0.15) is 39.5 Å². The predicted molar refractivity (Wildman–Crippen MR) is 50.5 cm³/mol. The van der Waals surface area contributed by atoms with Gasteiger partial charge in [-0.15, -0.1) is 0 Å². The minimum Gasteiger partial charge on any atom is -0.375 e. The summed E-state index contributed by atoms with van der Waals surface area (Å²) in [5.74, 6) is 0.254. The fraction of sp³-hybridized carbons (Fsp3) is 0.909. The Bertz CT molecular complexity index is 212. The van der Waals surface area contributed by atoms with E-state index >= 15 is 0 Å². The Kier molecular flexibility index (Phi) is 1.99. The van der Waals surface area contributed by atoms with Crippen LogP contribution < -0.4 is 0 Å². The lowest BCUT2D eigenvalue weighted by atomic mass is 9.58. The molecule has 2 aliphatic rings. The molecule has 2 nitrogen and oxygen atoms in total. The molecule has 0 aromatic rings. The van der Waals surface area contributed by atoms with Crippen LogP contribution in [0, 0.1) is 11.3 Å². The Balaban J connectivity index is 1.98. The van der Waals surface area contributed by atoms with Crippen molar-refractivity contribution in [2.75, 3.05) is 6.61 Å². The molecule has 0 aromatic heterocycles. The van der Waals surface area contributed by atoms with Crippen LogP contribution in [0.3, 0.4) is 0 Å². The zero-order valence-electron chi connectivity index (χ0n) is 8.51. The first kappa shape index (κ1) is 9.20. The normalized spacial score (nSPS) is 35.4. The number of aldehydes is 1. The van der Waals surface area contributed by atoms with Gasteiger partial charge in [0.25, 0.3) is 0 Å². The van der Waals surface area contributed by atoms with Gasteiger partial charge in [0.05, 0.1) is 5.60 Å². The van der Waals surface area contributed by atoms with Crippen molar-refractivity contribution in [2.45, 2.75) is 45.1 Å². The summed E-state index contributed by atoms with van der Waals surface area (Å²) in [5, 5.41) is 0. The van der Waals surface area contributed by atoms with Gasteiger partial charge >= 0.3 is 0 Å². The highest BCUT2D eigenvalue weighted by Crippen LogP contribution is 2.54. The van der Waals surface area contributed by atoms with Crippen LogP contribution in [0.2, 0.25) is 0 Å². The molecule has 2 rings (SSSR count). The number of carbonyl (C=O) groups excluding carboxylic acids is 1. The number of ether oxygens (including phenoxy) is 1. The van der Waals surface area contributed by atoms with Gasteiger partial charge in [0, 0.05) is 12.5 Å². The third kappa shape index (κ3) is 1.64. The molecule has 2 fully saturated rings. The maximum Gasteiger partial charge on any atom is 0.123 e. The first-order valence-electron chi connectivity index (χ1n) is 5.15. The molecule has 74 valence electrons. The average molecular weight is 182 g/mol. The number of hydrogen-bond acceptors (Lipinski definition) is 2. The van der Waals surface area contributed by atoms with Gasteiger partial charge in [-0.3, -0.25) is 0 Å². The standard InChI is InChI=1S/C11H18O2/c1-10(2)7-11(8-10)5-9(6-12)3-4-13-11/h6,9H,3-5,7-8H2,1-2H3. The molecule has 0 bridgehead atoms. The Labute approximate surface area is 79.7 Å². The molecule has 2 heteroatoms. The Morgan fingerprint density at radius 3 is 2.62 bits per heavy atom. The van der Waals surface area contributed by atoms with Crippen molar-refractivity contribution in [1.29, 1.82) is 0 Å². The zero-order valence-corrected chi connectivity index (χ0v) is 8.51. The summed E-state index contributed by atoms with van der Waals surface area (Å²) < 4.78 is 5.81. The van der Waals surface area contributed by atoms with E-state index in [1.165, 1.54) is 0 Å². The highest BCUT2D eigenvalue weighted by molar-refractivity contribution is 5.54. The zero-order chi connectivity index (χ0) is 9.53. The van der Waals surface area contributed by atoms with E-state index in [0.29, 0.717) is 5.41 Å². The maximum atomic E-state index is 10.7. The molecule has 1 aliphatic heterocycles. The fourth-order valence-corrected chi connectivity index (χ4v) is 3.12. The molecule has 1 aliphatic carbocycles. The maximum absolute atomic E-state index is 10.7. The second-order valence-corrected chi connectivity index (χ2v) is 5.44. The van der Waals surface area contributed by atoms with Gasteiger partial charge in [0.1, 0.15) is 6.29 Å². The quantitative estimate of drug-likeness (QED) is 0.581. The third-order valence-electron chi connectivity index (χ3n) is 3.32. The molecule has 0 amide bonds. The highest BCUT2D eigenvalue weighted by atomic mass is 16.5. The van der Waals surface area contributed by atoms with Gasteiger partial charge in [-0.2, -0.15) is 0 Å². The smallest absolute Gasteiger partial charge is 0.123 e. The molecule has 1 unspecified atom stereocenters. The summed E-state index contributed by atoms with van der Waals surface area (Å²) in [6.45, 7) is 5.32. The average Bonchev–Trinajstić information content (AvgIpc) is 2.01. The van der Waals surface area contributed by atoms with Crippen LogP contribution in [-0.2, 0) is 9.53 Å². The van der Waals surface area contributed by atoms with Crippen molar-refractivity contribution in [3.8, 4) is 0 Å². The summed E-state index contributed by atoms with van der Waals surface area (Å²) in [6.07, 6.45) is 5.25. The minimum atomic E-state index is 0.0767. The number of hydrogen-bond donors (Lipinski definition) is 0. The van der Waals surface area contributed by atoms with Gasteiger partial charge in [0.15, 0.2) is 0 Å². The second-order valence-electron chi connectivity index (χ2n) is 5.44. The summed E-state index contributed by atoms with van der Waals surface area (Å²) in [7, 11) is 0. The first-order valence-corrected chi connectivity index (χ1v) is 5.15. The largest absolute Gasteiger partial charge is 0.375 e. The van der Waals surface area contributed by atoms with Crippen molar-refractivity contribution in [1.82, 2.24) is 0 Å². The lowest BCUT2D eigenvalue weighted by molar-refractivity contribution is -0.190. The van der Waals surface area contributed by atoms with Gasteiger partial charge < -0.3 is 9.53 Å². The lowest BCUT2D eigenvalue weighted by Gasteiger charge is -2.55. The van der Waals surface area contributed by atoms with E-state index in [2.05, 4.69) is 13.8 Å². The van der Waals surface area contributed by atoms with E-state index < -0.39 is 0 Å². The van der Waals surface area contributed by atoms with E-state index in [0.717, 1.165) is 38.6 Å².